The molecule has 3 aromatic rings. The van der Waals surface area contributed by atoms with Crippen LogP contribution in [0.15, 0.2) is 90.7 Å². The first-order valence-electron chi connectivity index (χ1n) is 9.07. The van der Waals surface area contributed by atoms with Crippen molar-refractivity contribution in [1.82, 2.24) is 0 Å². The molecular weight excluding hydrogens is 332 g/mol. The molecule has 27 heavy (non-hydrogen) atoms. The minimum atomic E-state index is -0.482. The molecular formula is C25H24O2. The predicted molar refractivity (Wildman–Crippen MR) is 112 cm³/mol. The second-order valence-electron chi connectivity index (χ2n) is 7.60. The topological polar surface area (TPSA) is 37.3 Å². The molecule has 0 saturated carbocycles. The van der Waals surface area contributed by atoms with Gasteiger partial charge >= 0.3 is 0 Å². The van der Waals surface area contributed by atoms with Crippen LogP contribution in [0.2, 0.25) is 0 Å². The molecule has 0 fully saturated rings. The third-order valence-electron chi connectivity index (χ3n) is 4.52. The fraction of sp³-hybridized carbons (Fsp3) is 0.160. The fourth-order valence-corrected chi connectivity index (χ4v) is 2.95. The van der Waals surface area contributed by atoms with Gasteiger partial charge in [0.1, 0.15) is 5.76 Å². The van der Waals surface area contributed by atoms with Crippen molar-refractivity contribution in [3.63, 3.8) is 0 Å². The van der Waals surface area contributed by atoms with Crippen molar-refractivity contribution in [3.05, 3.63) is 96.3 Å². The molecule has 0 aliphatic carbocycles. The zero-order valence-corrected chi connectivity index (χ0v) is 15.9. The van der Waals surface area contributed by atoms with E-state index in [-0.39, 0.29) is 11.5 Å². The lowest BCUT2D eigenvalue weighted by Crippen LogP contribution is -2.12. The van der Waals surface area contributed by atoms with E-state index in [4.69, 9.17) is 0 Å². The van der Waals surface area contributed by atoms with Gasteiger partial charge in [0, 0.05) is 17.1 Å². The van der Waals surface area contributed by atoms with Gasteiger partial charge in [-0.3, -0.25) is 4.79 Å². The summed E-state index contributed by atoms with van der Waals surface area (Å²) in [5.41, 5.74) is 3.79. The predicted octanol–water partition coefficient (Wildman–Crippen LogP) is 6.69. The summed E-state index contributed by atoms with van der Waals surface area (Å²) >= 11 is 0. The van der Waals surface area contributed by atoms with E-state index in [0.29, 0.717) is 5.56 Å². The van der Waals surface area contributed by atoms with E-state index < -0.39 is 5.41 Å². The van der Waals surface area contributed by atoms with E-state index in [1.165, 1.54) is 6.08 Å². The maximum Gasteiger partial charge on any atom is 0.190 e. The highest BCUT2D eigenvalue weighted by molar-refractivity contribution is 6.13. The normalized spacial score (nSPS) is 12.0. The van der Waals surface area contributed by atoms with Gasteiger partial charge in [-0.2, -0.15) is 0 Å². The molecule has 1 N–H and O–H groups in total. The highest BCUT2D eigenvalue weighted by Crippen LogP contribution is 2.34. The Balaban J connectivity index is 2.24. The minimum absolute atomic E-state index is 0.0781. The molecule has 2 heteroatoms. The maximum absolute atomic E-state index is 13.3. The van der Waals surface area contributed by atoms with Crippen molar-refractivity contribution < 1.29 is 9.90 Å². The van der Waals surface area contributed by atoms with Crippen LogP contribution in [-0.4, -0.2) is 10.9 Å². The van der Waals surface area contributed by atoms with E-state index in [1.54, 1.807) is 0 Å². The van der Waals surface area contributed by atoms with Crippen LogP contribution < -0.4 is 0 Å². The highest BCUT2D eigenvalue weighted by Gasteiger charge is 2.21. The summed E-state index contributed by atoms with van der Waals surface area (Å²) in [6.45, 7) is 5.65. The fourth-order valence-electron chi connectivity index (χ4n) is 2.95. The van der Waals surface area contributed by atoms with Gasteiger partial charge in [-0.05, 0) is 22.3 Å². The lowest BCUT2D eigenvalue weighted by atomic mass is 9.87. The average molecular weight is 356 g/mol. The Bertz CT molecular complexity index is 904. The van der Waals surface area contributed by atoms with Gasteiger partial charge in [-0.25, -0.2) is 0 Å². The monoisotopic (exact) mass is 356 g/mol. The average Bonchev–Trinajstić information content (AvgIpc) is 2.68. The van der Waals surface area contributed by atoms with Crippen LogP contribution in [0.4, 0.5) is 0 Å². The van der Waals surface area contributed by atoms with Crippen molar-refractivity contribution in [2.45, 2.75) is 20.8 Å². The van der Waals surface area contributed by atoms with Gasteiger partial charge in [-0.1, -0.05) is 99.6 Å². The largest absolute Gasteiger partial charge is 0.512 e. The molecule has 0 amide bonds. The Morgan fingerprint density at radius 2 is 1.19 bits per heavy atom. The van der Waals surface area contributed by atoms with Gasteiger partial charge < -0.3 is 5.11 Å². The Morgan fingerprint density at radius 3 is 1.59 bits per heavy atom. The number of ketones is 1. The molecule has 0 bridgehead atoms. The van der Waals surface area contributed by atoms with Crippen LogP contribution in [0.1, 0.15) is 31.1 Å². The number of carbonyl (C=O) groups excluding carboxylic acids is 1. The van der Waals surface area contributed by atoms with Crippen molar-refractivity contribution in [3.8, 4) is 22.3 Å². The standard InChI is InChI=1S/C25H24O2/c1-25(2,3)23(27)17-22(26)24-20(18-11-6-4-7-12-18)15-10-16-21(24)19-13-8-5-9-14-19/h4-17,27H,1-3H3/b23-17-. The molecule has 3 aromatic carbocycles. The molecule has 136 valence electrons. The van der Waals surface area contributed by atoms with E-state index in [2.05, 4.69) is 0 Å². The summed E-state index contributed by atoms with van der Waals surface area (Å²) in [5, 5.41) is 10.4. The Hall–Kier alpha value is -3.13. The van der Waals surface area contributed by atoms with Crippen molar-refractivity contribution in [1.29, 1.82) is 0 Å². The second kappa shape index (κ2) is 7.63. The van der Waals surface area contributed by atoms with E-state index in [0.717, 1.165) is 22.3 Å². The van der Waals surface area contributed by atoms with Crippen LogP contribution in [0.3, 0.4) is 0 Å². The van der Waals surface area contributed by atoms with Gasteiger partial charge in [0.2, 0.25) is 0 Å². The van der Waals surface area contributed by atoms with Crippen molar-refractivity contribution >= 4 is 5.78 Å². The molecule has 0 aromatic heterocycles. The summed E-state index contributed by atoms with van der Waals surface area (Å²) in [7, 11) is 0. The molecule has 0 aliphatic heterocycles. The second-order valence-corrected chi connectivity index (χ2v) is 7.60. The first-order valence-corrected chi connectivity index (χ1v) is 9.07. The first kappa shape index (κ1) is 18.7. The third kappa shape index (κ3) is 4.17. The number of hydrogen-bond donors (Lipinski definition) is 1. The van der Waals surface area contributed by atoms with Gasteiger partial charge in [0.05, 0.1) is 0 Å². The van der Waals surface area contributed by atoms with Crippen molar-refractivity contribution in [2.24, 2.45) is 5.41 Å². The third-order valence-corrected chi connectivity index (χ3v) is 4.52. The lowest BCUT2D eigenvalue weighted by molar-refractivity contribution is 0.104. The SMILES string of the molecule is CC(C)(C)/C(O)=C/C(=O)c1c(-c2ccccc2)cccc1-c1ccccc1. The first-order chi connectivity index (χ1) is 12.9. The van der Waals surface area contributed by atoms with Crippen LogP contribution in [0, 0.1) is 5.41 Å². The quantitative estimate of drug-likeness (QED) is 0.321. The molecule has 0 saturated heterocycles. The molecule has 0 unspecified atom stereocenters. The summed E-state index contributed by atoms with van der Waals surface area (Å²) in [6, 6.07) is 25.6. The summed E-state index contributed by atoms with van der Waals surface area (Å²) in [4.78, 5) is 13.3. The number of carbonyl (C=O) groups is 1. The highest BCUT2D eigenvalue weighted by atomic mass is 16.3. The summed E-state index contributed by atoms with van der Waals surface area (Å²) in [6.07, 6.45) is 1.36. The number of aliphatic hydroxyl groups is 1. The lowest BCUT2D eigenvalue weighted by Gasteiger charge is -2.18. The van der Waals surface area contributed by atoms with Crippen LogP contribution in [0.5, 0.6) is 0 Å². The molecule has 0 radical (unpaired) electrons. The molecule has 3 rings (SSSR count). The zero-order valence-electron chi connectivity index (χ0n) is 15.9. The number of rotatable bonds is 4. The number of aliphatic hydroxyl groups excluding tert-OH is 1. The Labute approximate surface area is 160 Å². The smallest absolute Gasteiger partial charge is 0.190 e. The number of allylic oxidation sites excluding steroid dienone is 2. The van der Waals surface area contributed by atoms with E-state index >= 15 is 0 Å². The van der Waals surface area contributed by atoms with Gasteiger partial charge in [0.15, 0.2) is 5.78 Å². The van der Waals surface area contributed by atoms with Crippen LogP contribution in [-0.2, 0) is 0 Å². The molecule has 0 spiro atoms. The van der Waals surface area contributed by atoms with Crippen molar-refractivity contribution in [2.75, 3.05) is 0 Å². The van der Waals surface area contributed by atoms with Gasteiger partial charge in [-0.15, -0.1) is 0 Å². The summed E-state index contributed by atoms with van der Waals surface area (Å²) < 4.78 is 0. The van der Waals surface area contributed by atoms with E-state index in [1.807, 2.05) is 99.6 Å². The van der Waals surface area contributed by atoms with Crippen LogP contribution >= 0.6 is 0 Å². The van der Waals surface area contributed by atoms with Gasteiger partial charge in [0.25, 0.3) is 0 Å². The zero-order chi connectivity index (χ0) is 19.4. The minimum Gasteiger partial charge on any atom is -0.512 e. The molecule has 2 nitrogen and oxygen atoms in total. The van der Waals surface area contributed by atoms with Crippen LogP contribution in [0.25, 0.3) is 22.3 Å². The Kier molecular flexibility index (Phi) is 5.27. The molecule has 0 heterocycles. The number of hydrogen-bond acceptors (Lipinski definition) is 2. The Morgan fingerprint density at radius 1 is 0.741 bits per heavy atom. The summed E-state index contributed by atoms with van der Waals surface area (Å²) in [5.74, 6) is -0.116. The van der Waals surface area contributed by atoms with E-state index in [9.17, 15) is 9.90 Å². The molecule has 0 atom stereocenters. The molecule has 0 aliphatic rings. The maximum atomic E-state index is 13.3. The number of benzene rings is 3.